The first-order valence-corrected chi connectivity index (χ1v) is 6.86. The number of nitrogens with one attached hydrogen (secondary N) is 1. The molecule has 0 radical (unpaired) electrons. The second-order valence-corrected chi connectivity index (χ2v) is 5.56. The lowest BCUT2D eigenvalue weighted by Gasteiger charge is -2.43. The van der Waals surface area contributed by atoms with E-state index in [1.165, 1.54) is 6.33 Å². The fraction of sp³-hybridized carbons (Fsp3) is 0.615. The number of halogens is 3. The lowest BCUT2D eigenvalue weighted by molar-refractivity contribution is -0.252. The van der Waals surface area contributed by atoms with Gasteiger partial charge in [0, 0.05) is 13.6 Å². The van der Waals surface area contributed by atoms with E-state index in [4.69, 9.17) is 0 Å². The summed E-state index contributed by atoms with van der Waals surface area (Å²) in [6.45, 7) is 0.233. The summed E-state index contributed by atoms with van der Waals surface area (Å²) in [6.07, 6.45) is 0.0135. The van der Waals surface area contributed by atoms with E-state index in [0.717, 1.165) is 0 Å². The van der Waals surface area contributed by atoms with E-state index in [0.29, 0.717) is 23.4 Å². The third-order valence-corrected chi connectivity index (χ3v) is 4.32. The minimum absolute atomic E-state index is 0.0693. The van der Waals surface area contributed by atoms with Crippen molar-refractivity contribution >= 4 is 17.0 Å². The van der Waals surface area contributed by atoms with Crippen LogP contribution in [0.2, 0.25) is 0 Å². The van der Waals surface area contributed by atoms with Crippen LogP contribution in [0.15, 0.2) is 12.7 Å². The van der Waals surface area contributed by atoms with Gasteiger partial charge in [0.1, 0.15) is 11.8 Å². The topological polar surface area (TPSA) is 55.6 Å². The molecule has 0 aliphatic heterocycles. The highest BCUT2D eigenvalue weighted by Crippen LogP contribution is 2.55. The fourth-order valence-electron chi connectivity index (χ4n) is 2.82. The monoisotopic (exact) mass is 299 g/mol. The zero-order valence-electron chi connectivity index (χ0n) is 11.6. The normalized spacial score (nSPS) is 17.7. The van der Waals surface area contributed by atoms with Gasteiger partial charge in [-0.1, -0.05) is 6.42 Å². The molecular formula is C13H16F3N5. The number of hydrogen-bond acceptors (Lipinski definition) is 4. The molecule has 1 saturated carbocycles. The summed E-state index contributed by atoms with van der Waals surface area (Å²) < 4.78 is 41.0. The van der Waals surface area contributed by atoms with Crippen molar-refractivity contribution in [3.05, 3.63) is 12.7 Å². The van der Waals surface area contributed by atoms with Crippen molar-refractivity contribution in [2.24, 2.45) is 12.5 Å². The Labute approximate surface area is 119 Å². The highest BCUT2D eigenvalue weighted by Gasteiger charge is 2.57. The van der Waals surface area contributed by atoms with Crippen LogP contribution in [0.3, 0.4) is 0 Å². The van der Waals surface area contributed by atoms with Crippen LogP contribution in [0.5, 0.6) is 0 Å². The van der Waals surface area contributed by atoms with Gasteiger partial charge in [-0.15, -0.1) is 0 Å². The minimum atomic E-state index is -4.12. The number of aromatic nitrogens is 4. The minimum Gasteiger partial charge on any atom is -0.368 e. The van der Waals surface area contributed by atoms with E-state index in [9.17, 15) is 13.2 Å². The first-order valence-electron chi connectivity index (χ1n) is 6.86. The predicted octanol–water partition coefficient (Wildman–Crippen LogP) is 2.90. The van der Waals surface area contributed by atoms with Crippen LogP contribution in [0.4, 0.5) is 19.0 Å². The van der Waals surface area contributed by atoms with Crippen LogP contribution in [0.1, 0.15) is 25.7 Å². The molecule has 0 spiro atoms. The number of aryl methyl sites for hydroxylation is 1. The summed E-state index contributed by atoms with van der Waals surface area (Å²) in [4.78, 5) is 12.2. The molecule has 0 amide bonds. The molecule has 1 aliphatic rings. The quantitative estimate of drug-likeness (QED) is 0.943. The third kappa shape index (κ3) is 2.32. The fourth-order valence-corrected chi connectivity index (χ4v) is 2.82. The summed E-state index contributed by atoms with van der Waals surface area (Å²) in [5.41, 5.74) is -0.283. The van der Waals surface area contributed by atoms with Crippen LogP contribution >= 0.6 is 0 Å². The number of rotatable bonds is 4. The SMILES string of the molecule is Cn1cnc2ncnc(NCCC3(C(F)(F)F)CCC3)c21. The summed E-state index contributed by atoms with van der Waals surface area (Å²) in [5, 5.41) is 3.00. The van der Waals surface area contributed by atoms with Crippen molar-refractivity contribution in [1.29, 1.82) is 0 Å². The smallest absolute Gasteiger partial charge is 0.368 e. The van der Waals surface area contributed by atoms with E-state index >= 15 is 0 Å². The highest BCUT2D eigenvalue weighted by molar-refractivity contribution is 5.82. The third-order valence-electron chi connectivity index (χ3n) is 4.32. The molecular weight excluding hydrogens is 283 g/mol. The molecule has 21 heavy (non-hydrogen) atoms. The number of imidazole rings is 1. The summed E-state index contributed by atoms with van der Waals surface area (Å²) in [6, 6.07) is 0. The Kier molecular flexibility index (Phi) is 3.26. The van der Waals surface area contributed by atoms with Crippen LogP contribution in [0, 0.1) is 5.41 Å². The van der Waals surface area contributed by atoms with Crippen molar-refractivity contribution in [2.45, 2.75) is 31.9 Å². The van der Waals surface area contributed by atoms with Gasteiger partial charge in [0.05, 0.1) is 11.7 Å². The standard InChI is InChI=1S/C13H16F3N5/c1-21-8-20-11-9(21)10(18-7-19-11)17-6-5-12(3-2-4-12)13(14,15)16/h7-8H,2-6H2,1H3,(H,17,18,19). The maximum Gasteiger partial charge on any atom is 0.394 e. The van der Waals surface area contributed by atoms with Gasteiger partial charge in [0.25, 0.3) is 0 Å². The van der Waals surface area contributed by atoms with Gasteiger partial charge < -0.3 is 9.88 Å². The molecule has 2 aromatic rings. The zero-order chi connectivity index (χ0) is 15.1. The molecule has 0 aromatic carbocycles. The number of nitrogens with zero attached hydrogens (tertiary/aromatic N) is 4. The van der Waals surface area contributed by atoms with Crippen molar-refractivity contribution in [3.8, 4) is 0 Å². The Balaban J connectivity index is 1.71. The molecule has 1 aliphatic carbocycles. The molecule has 3 rings (SSSR count). The summed E-state index contributed by atoms with van der Waals surface area (Å²) in [5.74, 6) is 0.525. The maximum atomic E-state index is 13.1. The van der Waals surface area contributed by atoms with Crippen molar-refractivity contribution in [2.75, 3.05) is 11.9 Å². The average Bonchev–Trinajstić information content (AvgIpc) is 2.74. The molecule has 114 valence electrons. The Morgan fingerprint density at radius 3 is 2.67 bits per heavy atom. The summed E-state index contributed by atoms with van der Waals surface area (Å²) >= 11 is 0. The number of hydrogen-bond donors (Lipinski definition) is 1. The van der Waals surface area contributed by atoms with E-state index in [2.05, 4.69) is 20.3 Å². The number of alkyl halides is 3. The molecule has 5 nitrogen and oxygen atoms in total. The maximum absolute atomic E-state index is 13.1. The Morgan fingerprint density at radius 2 is 2.05 bits per heavy atom. The van der Waals surface area contributed by atoms with Gasteiger partial charge in [-0.25, -0.2) is 15.0 Å². The van der Waals surface area contributed by atoms with Crippen molar-refractivity contribution in [3.63, 3.8) is 0 Å². The Morgan fingerprint density at radius 1 is 1.29 bits per heavy atom. The molecule has 0 bridgehead atoms. The average molecular weight is 299 g/mol. The Bertz CT molecular complexity index is 645. The van der Waals surface area contributed by atoms with Gasteiger partial charge in [0.15, 0.2) is 11.5 Å². The van der Waals surface area contributed by atoms with Crippen LogP contribution < -0.4 is 5.32 Å². The van der Waals surface area contributed by atoms with Crippen molar-refractivity contribution < 1.29 is 13.2 Å². The first kappa shape index (κ1) is 14.1. The lowest BCUT2D eigenvalue weighted by Crippen LogP contribution is -2.45. The van der Waals surface area contributed by atoms with Crippen LogP contribution in [-0.4, -0.2) is 32.2 Å². The van der Waals surface area contributed by atoms with Gasteiger partial charge in [0.2, 0.25) is 0 Å². The van der Waals surface area contributed by atoms with E-state index in [1.807, 2.05) is 0 Å². The van der Waals surface area contributed by atoms with Crippen LogP contribution in [-0.2, 0) is 7.05 Å². The van der Waals surface area contributed by atoms with Gasteiger partial charge >= 0.3 is 6.18 Å². The van der Waals surface area contributed by atoms with E-state index < -0.39 is 11.6 Å². The Hall–Kier alpha value is -1.86. The molecule has 1 N–H and O–H groups in total. The molecule has 0 saturated heterocycles. The van der Waals surface area contributed by atoms with Gasteiger partial charge in [-0.3, -0.25) is 0 Å². The van der Waals surface area contributed by atoms with Gasteiger partial charge in [-0.05, 0) is 19.3 Å². The van der Waals surface area contributed by atoms with Crippen LogP contribution in [0.25, 0.3) is 11.2 Å². The molecule has 0 unspecified atom stereocenters. The van der Waals surface area contributed by atoms with E-state index in [1.54, 1.807) is 17.9 Å². The second-order valence-electron chi connectivity index (χ2n) is 5.56. The molecule has 8 heteroatoms. The first-order chi connectivity index (χ1) is 9.93. The summed E-state index contributed by atoms with van der Waals surface area (Å²) in [7, 11) is 1.80. The number of fused-ring (bicyclic) bond motifs is 1. The molecule has 1 fully saturated rings. The largest absolute Gasteiger partial charge is 0.394 e. The molecule has 0 atom stereocenters. The number of anilines is 1. The lowest BCUT2D eigenvalue weighted by atomic mass is 9.66. The zero-order valence-corrected chi connectivity index (χ0v) is 11.6. The second kappa shape index (κ2) is 4.85. The predicted molar refractivity (Wildman–Crippen MR) is 71.7 cm³/mol. The van der Waals surface area contributed by atoms with Crippen molar-refractivity contribution in [1.82, 2.24) is 19.5 Å². The highest BCUT2D eigenvalue weighted by atomic mass is 19.4. The van der Waals surface area contributed by atoms with E-state index in [-0.39, 0.29) is 25.8 Å². The molecule has 2 heterocycles. The van der Waals surface area contributed by atoms with Gasteiger partial charge in [-0.2, -0.15) is 13.2 Å². The molecule has 2 aromatic heterocycles.